The first-order valence-electron chi connectivity index (χ1n) is 8.36. The van der Waals surface area contributed by atoms with Crippen LogP contribution < -0.4 is 10.2 Å². The molecule has 0 radical (unpaired) electrons. The van der Waals surface area contributed by atoms with Crippen LogP contribution in [0.4, 0.5) is 5.69 Å². The quantitative estimate of drug-likeness (QED) is 0.854. The number of anilines is 1. The number of piperidine rings is 1. The van der Waals surface area contributed by atoms with E-state index in [1.165, 1.54) is 56.4 Å². The fourth-order valence-corrected chi connectivity index (χ4v) is 3.38. The van der Waals surface area contributed by atoms with Crippen molar-refractivity contribution in [1.29, 1.82) is 0 Å². The van der Waals surface area contributed by atoms with Crippen LogP contribution in [0.2, 0.25) is 5.02 Å². The zero-order valence-electron chi connectivity index (χ0n) is 13.3. The highest BCUT2D eigenvalue weighted by atomic mass is 35.5. The summed E-state index contributed by atoms with van der Waals surface area (Å²) in [6.07, 6.45) is 6.53. The predicted octanol–water partition coefficient (Wildman–Crippen LogP) is 4.61. The molecular weight excluding hydrogens is 280 g/mol. The third-order valence-electron chi connectivity index (χ3n) is 5.36. The van der Waals surface area contributed by atoms with Gasteiger partial charge in [-0.3, -0.25) is 0 Å². The lowest BCUT2D eigenvalue weighted by molar-refractivity contribution is 0.238. The zero-order valence-corrected chi connectivity index (χ0v) is 14.0. The second-order valence-electron chi connectivity index (χ2n) is 7.08. The van der Waals surface area contributed by atoms with Gasteiger partial charge in [-0.05, 0) is 54.9 Å². The number of hydrogen-bond donors (Lipinski definition) is 1. The summed E-state index contributed by atoms with van der Waals surface area (Å²) in [4.78, 5) is 2.55. The molecule has 1 aliphatic heterocycles. The Morgan fingerprint density at radius 1 is 1.29 bits per heavy atom. The van der Waals surface area contributed by atoms with Crippen molar-refractivity contribution in [2.24, 2.45) is 5.41 Å². The van der Waals surface area contributed by atoms with Gasteiger partial charge in [0, 0.05) is 36.4 Å². The highest BCUT2D eigenvalue weighted by molar-refractivity contribution is 6.30. The van der Waals surface area contributed by atoms with Crippen molar-refractivity contribution < 1.29 is 0 Å². The lowest BCUT2D eigenvalue weighted by atomic mass is 9.78. The Labute approximate surface area is 133 Å². The van der Waals surface area contributed by atoms with E-state index in [2.05, 4.69) is 36.2 Å². The van der Waals surface area contributed by atoms with E-state index in [1.807, 2.05) is 6.07 Å². The van der Waals surface area contributed by atoms with Gasteiger partial charge in [-0.2, -0.15) is 0 Å². The molecule has 1 saturated carbocycles. The van der Waals surface area contributed by atoms with Gasteiger partial charge in [-0.15, -0.1) is 0 Å². The maximum absolute atomic E-state index is 6.21. The molecule has 2 nitrogen and oxygen atoms in total. The first kappa shape index (κ1) is 15.2. The molecule has 3 rings (SSSR count). The van der Waals surface area contributed by atoms with Crippen LogP contribution in [-0.4, -0.2) is 19.1 Å². The number of nitrogens with zero attached hydrogens (tertiary/aromatic N) is 1. The van der Waals surface area contributed by atoms with Crippen molar-refractivity contribution in [1.82, 2.24) is 5.32 Å². The summed E-state index contributed by atoms with van der Waals surface area (Å²) >= 11 is 6.21. The van der Waals surface area contributed by atoms with E-state index in [0.29, 0.717) is 5.41 Å². The van der Waals surface area contributed by atoms with E-state index < -0.39 is 0 Å². The van der Waals surface area contributed by atoms with Crippen LogP contribution in [0.5, 0.6) is 0 Å². The molecule has 1 heterocycles. The van der Waals surface area contributed by atoms with Gasteiger partial charge in [0.15, 0.2) is 0 Å². The van der Waals surface area contributed by atoms with Crippen molar-refractivity contribution in [2.45, 2.75) is 58.5 Å². The van der Waals surface area contributed by atoms with Gasteiger partial charge in [-0.25, -0.2) is 0 Å². The van der Waals surface area contributed by atoms with Crippen molar-refractivity contribution >= 4 is 17.3 Å². The number of benzene rings is 1. The standard InChI is InChI=1S/C18H27ClN2/c1-3-18(2)8-10-21(11-9-18)17-7-4-15(19)12-14(17)13-20-16-5-6-16/h4,7,12,16,20H,3,5-6,8-11,13H2,1-2H3. The lowest BCUT2D eigenvalue weighted by Gasteiger charge is -2.40. The van der Waals surface area contributed by atoms with E-state index in [4.69, 9.17) is 11.6 Å². The SMILES string of the molecule is CCC1(C)CCN(c2ccc(Cl)cc2CNC2CC2)CC1. The molecule has 116 valence electrons. The summed E-state index contributed by atoms with van der Waals surface area (Å²) in [6.45, 7) is 8.04. The monoisotopic (exact) mass is 306 g/mol. The van der Waals surface area contributed by atoms with Gasteiger partial charge in [0.1, 0.15) is 0 Å². The van der Waals surface area contributed by atoms with Crippen LogP contribution in [0.1, 0.15) is 51.5 Å². The summed E-state index contributed by atoms with van der Waals surface area (Å²) in [5, 5.41) is 4.47. The van der Waals surface area contributed by atoms with Crippen LogP contribution in [0.15, 0.2) is 18.2 Å². The lowest BCUT2D eigenvalue weighted by Crippen LogP contribution is -2.39. The summed E-state index contributed by atoms with van der Waals surface area (Å²) in [6, 6.07) is 7.12. The molecule has 3 heteroatoms. The van der Waals surface area contributed by atoms with E-state index in [1.54, 1.807) is 0 Å². The van der Waals surface area contributed by atoms with Crippen LogP contribution >= 0.6 is 11.6 Å². The maximum atomic E-state index is 6.21. The average Bonchev–Trinajstić information content (AvgIpc) is 3.31. The molecule has 0 unspecified atom stereocenters. The second kappa shape index (κ2) is 6.18. The van der Waals surface area contributed by atoms with Gasteiger partial charge in [-0.1, -0.05) is 31.9 Å². The van der Waals surface area contributed by atoms with E-state index in [-0.39, 0.29) is 0 Å². The molecule has 0 bridgehead atoms. The van der Waals surface area contributed by atoms with Gasteiger partial charge in [0.05, 0.1) is 0 Å². The molecular formula is C18H27ClN2. The third kappa shape index (κ3) is 3.73. The van der Waals surface area contributed by atoms with Gasteiger partial charge in [0.25, 0.3) is 0 Å². The molecule has 2 fully saturated rings. The largest absolute Gasteiger partial charge is 0.371 e. The Kier molecular flexibility index (Phi) is 4.46. The average molecular weight is 307 g/mol. The highest BCUT2D eigenvalue weighted by Crippen LogP contribution is 2.37. The third-order valence-corrected chi connectivity index (χ3v) is 5.60. The Hall–Kier alpha value is -0.730. The van der Waals surface area contributed by atoms with Crippen molar-refractivity contribution in [3.8, 4) is 0 Å². The molecule has 2 aliphatic rings. The molecule has 0 aromatic heterocycles. The summed E-state index contributed by atoms with van der Waals surface area (Å²) in [5.41, 5.74) is 3.27. The molecule has 1 saturated heterocycles. The predicted molar refractivity (Wildman–Crippen MR) is 91.2 cm³/mol. The summed E-state index contributed by atoms with van der Waals surface area (Å²) < 4.78 is 0. The topological polar surface area (TPSA) is 15.3 Å². The number of rotatable bonds is 5. The smallest absolute Gasteiger partial charge is 0.0412 e. The first-order valence-corrected chi connectivity index (χ1v) is 8.74. The number of hydrogen-bond acceptors (Lipinski definition) is 2. The van der Waals surface area contributed by atoms with Crippen LogP contribution in [0, 0.1) is 5.41 Å². The van der Waals surface area contributed by atoms with E-state index in [0.717, 1.165) is 17.6 Å². The fourth-order valence-electron chi connectivity index (χ4n) is 3.19. The van der Waals surface area contributed by atoms with Crippen molar-refractivity contribution in [3.63, 3.8) is 0 Å². The normalized spacial score (nSPS) is 21.6. The number of halogens is 1. The zero-order chi connectivity index (χ0) is 14.9. The maximum Gasteiger partial charge on any atom is 0.0412 e. The molecule has 0 atom stereocenters. The summed E-state index contributed by atoms with van der Waals surface area (Å²) in [5.74, 6) is 0. The van der Waals surface area contributed by atoms with Crippen LogP contribution in [-0.2, 0) is 6.54 Å². The minimum atomic E-state index is 0.537. The molecule has 21 heavy (non-hydrogen) atoms. The fraction of sp³-hybridized carbons (Fsp3) is 0.667. The summed E-state index contributed by atoms with van der Waals surface area (Å²) in [7, 11) is 0. The first-order chi connectivity index (χ1) is 10.1. The van der Waals surface area contributed by atoms with Crippen LogP contribution in [0.3, 0.4) is 0 Å². The Balaban J connectivity index is 1.71. The molecule has 1 aromatic carbocycles. The van der Waals surface area contributed by atoms with E-state index in [9.17, 15) is 0 Å². The van der Waals surface area contributed by atoms with E-state index >= 15 is 0 Å². The number of nitrogens with one attached hydrogen (secondary N) is 1. The molecule has 0 amide bonds. The highest BCUT2D eigenvalue weighted by Gasteiger charge is 2.29. The molecule has 1 N–H and O–H groups in total. The second-order valence-corrected chi connectivity index (χ2v) is 7.52. The van der Waals surface area contributed by atoms with Gasteiger partial charge in [0.2, 0.25) is 0 Å². The minimum Gasteiger partial charge on any atom is -0.371 e. The van der Waals surface area contributed by atoms with Crippen molar-refractivity contribution in [2.75, 3.05) is 18.0 Å². The van der Waals surface area contributed by atoms with Crippen molar-refractivity contribution in [3.05, 3.63) is 28.8 Å². The van der Waals surface area contributed by atoms with Gasteiger partial charge < -0.3 is 10.2 Å². The molecule has 1 aliphatic carbocycles. The van der Waals surface area contributed by atoms with Crippen LogP contribution in [0.25, 0.3) is 0 Å². The van der Waals surface area contributed by atoms with Gasteiger partial charge >= 0.3 is 0 Å². The Morgan fingerprint density at radius 3 is 2.62 bits per heavy atom. The minimum absolute atomic E-state index is 0.537. The molecule has 0 spiro atoms. The molecule has 1 aromatic rings. The Morgan fingerprint density at radius 2 is 2.00 bits per heavy atom. The Bertz CT molecular complexity index is 488.